The van der Waals surface area contributed by atoms with E-state index in [-0.39, 0.29) is 0 Å². The molecule has 1 heterocycles. The molecule has 0 fully saturated rings. The molecule has 3 nitrogen and oxygen atoms in total. The smallest absolute Gasteiger partial charge is 0.119 e. The molecule has 1 N–H and O–H groups in total. The third kappa shape index (κ3) is 1.64. The molecule has 0 aliphatic rings. The summed E-state index contributed by atoms with van der Waals surface area (Å²) in [4.78, 5) is 4.51. The molecule has 0 saturated heterocycles. The van der Waals surface area contributed by atoms with E-state index in [4.69, 9.17) is 22.1 Å². The van der Waals surface area contributed by atoms with Crippen molar-refractivity contribution in [2.24, 2.45) is 0 Å². The summed E-state index contributed by atoms with van der Waals surface area (Å²) in [6, 6.07) is 10.9. The average Bonchev–Trinajstić information content (AvgIpc) is 2.38. The maximum Gasteiger partial charge on any atom is 0.119 e. The maximum absolute atomic E-state index is 8.24. The van der Waals surface area contributed by atoms with Crippen molar-refractivity contribution in [3.8, 4) is 5.75 Å². The highest BCUT2D eigenvalue weighted by atomic mass is 35.5. The van der Waals surface area contributed by atoms with Crippen LogP contribution >= 0.6 is 11.6 Å². The lowest BCUT2D eigenvalue weighted by atomic mass is 10.1. The van der Waals surface area contributed by atoms with E-state index in [1.54, 1.807) is 19.2 Å². The van der Waals surface area contributed by atoms with Crippen LogP contribution in [0.3, 0.4) is 0 Å². The Morgan fingerprint density at radius 1 is 1.06 bits per heavy atom. The van der Waals surface area contributed by atoms with Crippen molar-refractivity contribution < 1.29 is 4.74 Å². The third-order valence-corrected chi connectivity index (χ3v) is 3.18. The number of rotatable bonds is 1. The van der Waals surface area contributed by atoms with E-state index in [1.807, 2.05) is 24.3 Å². The average molecular weight is 258 g/mol. The van der Waals surface area contributed by atoms with Crippen LogP contribution in [0.2, 0.25) is 5.02 Å². The summed E-state index contributed by atoms with van der Waals surface area (Å²) in [6.07, 6.45) is 0. The first kappa shape index (κ1) is 11.1. The fourth-order valence-electron chi connectivity index (χ4n) is 2.02. The van der Waals surface area contributed by atoms with Gasteiger partial charge in [0.05, 0.1) is 23.8 Å². The van der Waals surface area contributed by atoms with Crippen LogP contribution in [0, 0.1) is 0 Å². The Morgan fingerprint density at radius 3 is 2.67 bits per heavy atom. The molecule has 89 valence electrons. The number of aromatic nitrogens is 1. The van der Waals surface area contributed by atoms with Crippen molar-refractivity contribution in [3.05, 3.63) is 41.4 Å². The molecule has 4 heteroatoms. The van der Waals surface area contributed by atoms with Gasteiger partial charge in [0.1, 0.15) is 5.75 Å². The van der Waals surface area contributed by atoms with Gasteiger partial charge in [-0.3, -0.25) is 5.73 Å². The normalized spacial score (nSPS) is 11.0. The molecular formula is C14H10ClN2O. The number of hydrogen-bond donors (Lipinski definition) is 0. The van der Waals surface area contributed by atoms with Gasteiger partial charge >= 0.3 is 0 Å². The molecular weight excluding hydrogens is 248 g/mol. The molecule has 0 unspecified atom stereocenters. The zero-order valence-corrected chi connectivity index (χ0v) is 10.5. The molecule has 0 atom stereocenters. The second kappa shape index (κ2) is 4.03. The molecule has 3 aromatic rings. The van der Waals surface area contributed by atoms with E-state index in [9.17, 15) is 0 Å². The predicted octanol–water partition coefficient (Wildman–Crippen LogP) is 3.96. The quantitative estimate of drug-likeness (QED) is 0.619. The Kier molecular flexibility index (Phi) is 2.49. The van der Waals surface area contributed by atoms with Crippen molar-refractivity contribution in [3.63, 3.8) is 0 Å². The highest BCUT2D eigenvalue weighted by Gasteiger charge is 2.08. The fourth-order valence-corrected chi connectivity index (χ4v) is 2.19. The highest BCUT2D eigenvalue weighted by molar-refractivity contribution is 6.31. The number of nitrogens with zero attached hydrogens (tertiary/aromatic N) is 1. The third-order valence-electron chi connectivity index (χ3n) is 2.94. The number of halogens is 1. The van der Waals surface area contributed by atoms with Gasteiger partial charge in [-0.15, -0.1) is 0 Å². The molecule has 0 aliphatic carbocycles. The zero-order chi connectivity index (χ0) is 12.7. The maximum atomic E-state index is 8.24. The molecule has 3 rings (SSSR count). The van der Waals surface area contributed by atoms with Crippen molar-refractivity contribution >= 4 is 39.1 Å². The SMILES string of the molecule is COc1ccc2nc3cc(Cl)ccc3c([NH])c2c1. The van der Waals surface area contributed by atoms with Gasteiger partial charge < -0.3 is 4.74 Å². The topological polar surface area (TPSA) is 45.9 Å². The van der Waals surface area contributed by atoms with Crippen LogP contribution in [0.1, 0.15) is 0 Å². The second-order valence-electron chi connectivity index (χ2n) is 4.03. The summed E-state index contributed by atoms with van der Waals surface area (Å²) in [5, 5.41) is 2.20. The van der Waals surface area contributed by atoms with Gasteiger partial charge in [0.2, 0.25) is 0 Å². The molecule has 2 aromatic carbocycles. The number of ether oxygens (including phenoxy) is 1. The monoisotopic (exact) mass is 257 g/mol. The van der Waals surface area contributed by atoms with Gasteiger partial charge in [0, 0.05) is 15.8 Å². The number of pyridine rings is 1. The molecule has 0 aliphatic heterocycles. The summed E-state index contributed by atoms with van der Waals surface area (Å²) in [7, 11) is 1.61. The number of hydrogen-bond acceptors (Lipinski definition) is 2. The highest BCUT2D eigenvalue weighted by Crippen LogP contribution is 2.32. The Hall–Kier alpha value is -2.00. The number of benzene rings is 2. The van der Waals surface area contributed by atoms with Crippen LogP contribution in [0.5, 0.6) is 5.75 Å². The summed E-state index contributed by atoms with van der Waals surface area (Å²) in [5.41, 5.74) is 10.2. The van der Waals surface area contributed by atoms with E-state index < -0.39 is 0 Å². The van der Waals surface area contributed by atoms with E-state index in [1.165, 1.54) is 0 Å². The molecule has 0 bridgehead atoms. The molecule has 0 spiro atoms. The Bertz CT molecular complexity index is 755. The summed E-state index contributed by atoms with van der Waals surface area (Å²) >= 11 is 5.95. The lowest BCUT2D eigenvalue weighted by Crippen LogP contribution is -1.88. The van der Waals surface area contributed by atoms with Gasteiger partial charge in [-0.05, 0) is 36.4 Å². The van der Waals surface area contributed by atoms with E-state index in [0.717, 1.165) is 27.6 Å². The first-order valence-corrected chi connectivity index (χ1v) is 5.85. The Balaban J connectivity index is 2.44. The van der Waals surface area contributed by atoms with Crippen LogP contribution in [0.25, 0.3) is 21.8 Å². The summed E-state index contributed by atoms with van der Waals surface area (Å²) in [6.45, 7) is 0. The minimum absolute atomic E-state index is 0.450. The first-order valence-electron chi connectivity index (χ1n) is 5.47. The number of fused-ring (bicyclic) bond motifs is 2. The van der Waals surface area contributed by atoms with Gasteiger partial charge in [-0.2, -0.15) is 0 Å². The van der Waals surface area contributed by atoms with Crippen LogP contribution < -0.4 is 10.5 Å². The van der Waals surface area contributed by atoms with Crippen LogP contribution in [0.4, 0.5) is 5.69 Å². The van der Waals surface area contributed by atoms with Crippen LogP contribution in [-0.2, 0) is 0 Å². The predicted molar refractivity (Wildman–Crippen MR) is 73.6 cm³/mol. The molecule has 0 saturated carbocycles. The summed E-state index contributed by atoms with van der Waals surface area (Å²) < 4.78 is 5.18. The Morgan fingerprint density at radius 2 is 1.89 bits per heavy atom. The standard InChI is InChI=1S/C14H10ClN2O/c1-18-9-3-5-12-11(7-9)14(16)10-4-2-8(15)6-13(10)17-12/h2-7,16H,1H3. The van der Waals surface area contributed by atoms with Gasteiger partial charge in [-0.25, -0.2) is 4.98 Å². The summed E-state index contributed by atoms with van der Waals surface area (Å²) in [5.74, 6) is 0.728. The zero-order valence-electron chi connectivity index (χ0n) is 9.70. The van der Waals surface area contributed by atoms with Crippen molar-refractivity contribution in [2.75, 3.05) is 7.11 Å². The fraction of sp³-hybridized carbons (Fsp3) is 0.0714. The Labute approximate surface area is 109 Å². The molecule has 1 aromatic heterocycles. The number of methoxy groups -OCH3 is 1. The molecule has 1 radical (unpaired) electrons. The van der Waals surface area contributed by atoms with Crippen molar-refractivity contribution in [1.29, 1.82) is 0 Å². The largest absolute Gasteiger partial charge is 0.497 e. The van der Waals surface area contributed by atoms with E-state index in [2.05, 4.69) is 4.98 Å². The molecule has 0 amide bonds. The van der Waals surface area contributed by atoms with E-state index >= 15 is 0 Å². The lowest BCUT2D eigenvalue weighted by molar-refractivity contribution is 0.415. The van der Waals surface area contributed by atoms with Crippen LogP contribution in [-0.4, -0.2) is 12.1 Å². The van der Waals surface area contributed by atoms with Gasteiger partial charge in [0.15, 0.2) is 0 Å². The number of nitrogens with one attached hydrogen (secondary N) is 1. The van der Waals surface area contributed by atoms with Crippen LogP contribution in [0.15, 0.2) is 36.4 Å². The van der Waals surface area contributed by atoms with Gasteiger partial charge in [-0.1, -0.05) is 11.6 Å². The minimum atomic E-state index is 0.450. The van der Waals surface area contributed by atoms with Gasteiger partial charge in [0.25, 0.3) is 0 Å². The molecule has 18 heavy (non-hydrogen) atoms. The second-order valence-corrected chi connectivity index (χ2v) is 4.47. The first-order chi connectivity index (χ1) is 8.69. The van der Waals surface area contributed by atoms with Crippen molar-refractivity contribution in [2.45, 2.75) is 0 Å². The lowest BCUT2D eigenvalue weighted by Gasteiger charge is -2.07. The van der Waals surface area contributed by atoms with E-state index in [0.29, 0.717) is 10.7 Å². The minimum Gasteiger partial charge on any atom is -0.497 e. The van der Waals surface area contributed by atoms with Crippen molar-refractivity contribution in [1.82, 2.24) is 10.7 Å².